The highest BCUT2D eigenvalue weighted by atomic mass is 16.5. The number of nitrogens with zero attached hydrogens (tertiary/aromatic N) is 2. The summed E-state index contributed by atoms with van der Waals surface area (Å²) >= 11 is 0. The Labute approximate surface area is 172 Å². The number of carboxylic acids is 1. The molecule has 1 aliphatic carbocycles. The minimum Gasteiger partial charge on any atom is -0.535 e. The number of hydrogen-bond donors (Lipinski definition) is 4. The summed E-state index contributed by atoms with van der Waals surface area (Å²) in [7, 11) is -0.996. The van der Waals surface area contributed by atoms with Crippen molar-refractivity contribution >= 4 is 19.0 Å². The normalized spacial score (nSPS) is 23.0. The van der Waals surface area contributed by atoms with Crippen LogP contribution < -0.4 is 15.1 Å². The number of aromatic nitrogens is 2. The van der Waals surface area contributed by atoms with Gasteiger partial charge in [0.2, 0.25) is 5.91 Å². The fourth-order valence-corrected chi connectivity index (χ4v) is 4.22. The van der Waals surface area contributed by atoms with E-state index in [1.54, 1.807) is 23.2 Å². The molecular formula is C19H21BN4O6. The highest BCUT2D eigenvalue weighted by Crippen LogP contribution is 2.60. The van der Waals surface area contributed by atoms with Crippen molar-refractivity contribution in [1.82, 2.24) is 14.9 Å². The predicted molar refractivity (Wildman–Crippen MR) is 104 cm³/mol. The first-order valence-corrected chi connectivity index (χ1v) is 9.85. The van der Waals surface area contributed by atoms with Crippen molar-refractivity contribution in [2.24, 2.45) is 5.73 Å². The lowest BCUT2D eigenvalue weighted by Crippen LogP contribution is -2.60. The lowest BCUT2D eigenvalue weighted by Gasteiger charge is -2.40. The molecule has 2 unspecified atom stereocenters. The molecule has 11 heteroatoms. The summed E-state index contributed by atoms with van der Waals surface area (Å²) < 4.78 is 11.4. The zero-order chi connectivity index (χ0) is 21.0. The molecule has 3 atom stereocenters. The minimum atomic E-state index is -1.18. The van der Waals surface area contributed by atoms with Gasteiger partial charge >= 0.3 is 13.1 Å². The van der Waals surface area contributed by atoms with E-state index in [-0.39, 0.29) is 40.8 Å². The van der Waals surface area contributed by atoms with Crippen LogP contribution in [0.2, 0.25) is 5.82 Å². The molecule has 0 bridgehead atoms. The highest BCUT2D eigenvalue weighted by molar-refractivity contribution is 6.48. The minimum absolute atomic E-state index is 0.0306. The number of amides is 1. The molecule has 3 aliphatic rings. The maximum atomic E-state index is 12.5. The zero-order valence-electron chi connectivity index (χ0n) is 16.0. The van der Waals surface area contributed by atoms with Crippen molar-refractivity contribution < 1.29 is 29.1 Å². The molecule has 5 rings (SSSR count). The van der Waals surface area contributed by atoms with Crippen LogP contribution in [0.5, 0.6) is 11.5 Å². The number of nitrogens with one attached hydrogen (secondary N) is 1. The lowest BCUT2D eigenvalue weighted by atomic mass is 9.77. The number of carbonyl (C=O) groups excluding carboxylic acids is 1. The van der Waals surface area contributed by atoms with E-state index in [0.717, 1.165) is 17.7 Å². The Morgan fingerprint density at radius 2 is 2.23 bits per heavy atom. The number of hydrogen-bond acceptors (Lipinski definition) is 7. The Hall–Kier alpha value is -3.05. The van der Waals surface area contributed by atoms with Crippen LogP contribution in [0.1, 0.15) is 34.0 Å². The number of fused-ring (bicyclic) bond motifs is 3. The van der Waals surface area contributed by atoms with Crippen molar-refractivity contribution in [2.75, 3.05) is 13.1 Å². The van der Waals surface area contributed by atoms with Crippen LogP contribution in [0.25, 0.3) is 0 Å². The van der Waals surface area contributed by atoms with E-state index >= 15 is 0 Å². The molecule has 156 valence electrons. The van der Waals surface area contributed by atoms with Crippen molar-refractivity contribution in [3.05, 3.63) is 41.5 Å². The maximum absolute atomic E-state index is 12.5. The Morgan fingerprint density at radius 3 is 2.93 bits per heavy atom. The Balaban J connectivity index is 1.25. The van der Waals surface area contributed by atoms with Gasteiger partial charge in [0.05, 0.1) is 25.5 Å². The maximum Gasteiger partial charge on any atom is 0.526 e. The predicted octanol–water partition coefficient (Wildman–Crippen LogP) is -0.00210. The third kappa shape index (κ3) is 3.19. The largest absolute Gasteiger partial charge is 0.535 e. The summed E-state index contributed by atoms with van der Waals surface area (Å²) in [6.07, 6.45) is 3.96. The number of benzene rings is 1. The number of carboxylic acid groups (broad SMARTS) is 1. The molecule has 1 amide bonds. The summed E-state index contributed by atoms with van der Waals surface area (Å²) in [6, 6.07) is 2.74. The molecule has 30 heavy (non-hydrogen) atoms. The van der Waals surface area contributed by atoms with E-state index in [2.05, 4.69) is 9.97 Å². The van der Waals surface area contributed by atoms with Crippen molar-refractivity contribution in [3.8, 4) is 11.5 Å². The summed E-state index contributed by atoms with van der Waals surface area (Å²) in [5, 5.41) is 19.7. The molecule has 1 saturated carbocycles. The van der Waals surface area contributed by atoms with Crippen molar-refractivity contribution in [1.29, 1.82) is 0 Å². The molecule has 0 radical (unpaired) electrons. The molecule has 3 heterocycles. The van der Waals surface area contributed by atoms with Crippen molar-refractivity contribution in [2.45, 2.75) is 36.7 Å². The van der Waals surface area contributed by atoms with E-state index < -0.39 is 19.1 Å². The van der Waals surface area contributed by atoms with E-state index in [1.807, 2.05) is 0 Å². The fourth-order valence-electron chi connectivity index (χ4n) is 4.22. The molecule has 1 aromatic carbocycles. The van der Waals surface area contributed by atoms with Gasteiger partial charge in [-0.15, -0.1) is 0 Å². The Bertz CT molecular complexity index is 993. The zero-order valence-corrected chi connectivity index (χ0v) is 16.0. The van der Waals surface area contributed by atoms with Gasteiger partial charge in [0.1, 0.15) is 23.2 Å². The number of rotatable bonds is 6. The van der Waals surface area contributed by atoms with Gasteiger partial charge in [-0.25, -0.2) is 9.78 Å². The molecule has 2 fully saturated rings. The van der Waals surface area contributed by atoms with Gasteiger partial charge in [0.25, 0.3) is 0 Å². The quantitative estimate of drug-likeness (QED) is 0.484. The average Bonchev–Trinajstić information content (AvgIpc) is 3.33. The summed E-state index contributed by atoms with van der Waals surface area (Å²) in [5.74, 6) is -0.861. The highest BCUT2D eigenvalue weighted by Gasteiger charge is 2.54. The smallest absolute Gasteiger partial charge is 0.526 e. The number of carbonyl (C=O) groups is 2. The number of aromatic carboxylic acids is 1. The third-order valence-corrected chi connectivity index (χ3v) is 5.97. The van der Waals surface area contributed by atoms with Crippen LogP contribution in [-0.4, -0.2) is 69.2 Å². The van der Waals surface area contributed by atoms with Gasteiger partial charge in [-0.1, -0.05) is 6.07 Å². The lowest BCUT2D eigenvalue weighted by molar-refractivity contribution is -0.141. The van der Waals surface area contributed by atoms with E-state index in [0.29, 0.717) is 19.5 Å². The van der Waals surface area contributed by atoms with E-state index in [4.69, 9.17) is 15.1 Å². The van der Waals surface area contributed by atoms with Crippen LogP contribution in [0.15, 0.2) is 24.7 Å². The summed E-state index contributed by atoms with van der Waals surface area (Å²) in [6.45, 7) is 0.639. The number of aromatic amines is 1. The molecule has 2 aliphatic heterocycles. The fraction of sp³-hybridized carbons (Fsp3) is 0.421. The number of likely N-dealkylation sites (tertiary alicyclic amines) is 1. The second-order valence-electron chi connectivity index (χ2n) is 8.05. The summed E-state index contributed by atoms with van der Waals surface area (Å²) in [5.41, 5.74) is 7.48. The van der Waals surface area contributed by atoms with Crippen LogP contribution >= 0.6 is 0 Å². The van der Waals surface area contributed by atoms with Crippen LogP contribution in [0, 0.1) is 0 Å². The molecular weight excluding hydrogens is 391 g/mol. The monoisotopic (exact) mass is 412 g/mol. The van der Waals surface area contributed by atoms with E-state index in [1.165, 1.54) is 6.33 Å². The standard InChI is InChI=1S/C19H21BN4O6/c21-14(3-9-5-22-8-23-9)18(25)24-6-10(7-24)29-15-2-1-11-12-4-13(12)20(28)30-17(11)16(15)19(26)27/h1-2,5,8,10,12-14,28H,3-4,6-7,21H2,(H,22,23)(H,26,27)/t12?,13?,14-/m0/s1. The number of H-pyrrole nitrogens is 1. The van der Waals surface area contributed by atoms with Gasteiger partial charge in [0, 0.05) is 24.1 Å². The first-order valence-electron chi connectivity index (χ1n) is 9.85. The number of ether oxygens (including phenoxy) is 1. The van der Waals surface area contributed by atoms with Gasteiger partial charge in [-0.2, -0.15) is 0 Å². The van der Waals surface area contributed by atoms with E-state index in [9.17, 15) is 19.7 Å². The average molecular weight is 412 g/mol. The molecule has 10 nitrogen and oxygen atoms in total. The van der Waals surface area contributed by atoms with Crippen LogP contribution in [0.4, 0.5) is 0 Å². The molecule has 5 N–H and O–H groups in total. The van der Waals surface area contributed by atoms with Crippen LogP contribution in [-0.2, 0) is 11.2 Å². The third-order valence-electron chi connectivity index (χ3n) is 5.97. The Kier molecular flexibility index (Phi) is 4.44. The second-order valence-corrected chi connectivity index (χ2v) is 8.05. The number of nitrogens with two attached hydrogens (primary N) is 1. The number of imidazole rings is 1. The van der Waals surface area contributed by atoms with Crippen LogP contribution in [0.3, 0.4) is 0 Å². The molecule has 1 saturated heterocycles. The van der Waals surface area contributed by atoms with Gasteiger partial charge in [-0.3, -0.25) is 4.79 Å². The van der Waals surface area contributed by atoms with Crippen molar-refractivity contribution in [3.63, 3.8) is 0 Å². The first kappa shape index (κ1) is 19.0. The first-order chi connectivity index (χ1) is 14.4. The van der Waals surface area contributed by atoms with Gasteiger partial charge in [-0.05, 0) is 24.0 Å². The molecule has 2 aromatic rings. The molecule has 0 spiro atoms. The summed E-state index contributed by atoms with van der Waals surface area (Å²) in [4.78, 5) is 32.8. The molecule has 1 aromatic heterocycles. The topological polar surface area (TPSA) is 151 Å². The van der Waals surface area contributed by atoms with Gasteiger partial charge in [0.15, 0.2) is 0 Å². The SMILES string of the molecule is N[C@@H](Cc1cnc[nH]1)C(=O)N1CC(Oc2ccc3c(c2C(=O)O)OB(O)C2CC32)C1. The Morgan fingerprint density at radius 1 is 1.43 bits per heavy atom. The second kappa shape index (κ2) is 7.03. The van der Waals surface area contributed by atoms with Gasteiger partial charge < -0.3 is 35.1 Å².